The van der Waals surface area contributed by atoms with E-state index < -0.39 is 12.1 Å². The summed E-state index contributed by atoms with van der Waals surface area (Å²) >= 11 is 0. The molecule has 25 heavy (non-hydrogen) atoms. The maximum absolute atomic E-state index is 13.0. The summed E-state index contributed by atoms with van der Waals surface area (Å²) in [4.78, 5) is 14.8. The first-order valence-electron chi connectivity index (χ1n) is 9.21. The van der Waals surface area contributed by atoms with E-state index in [-0.39, 0.29) is 17.7 Å². The molecule has 0 aromatic heterocycles. The summed E-state index contributed by atoms with van der Waals surface area (Å²) in [5.74, 6) is -1.19. The third-order valence-corrected chi connectivity index (χ3v) is 5.32. The lowest BCUT2D eigenvalue weighted by molar-refractivity contribution is -0.169. The zero-order valence-electron chi connectivity index (χ0n) is 15.3. The van der Waals surface area contributed by atoms with Crippen LogP contribution in [0.5, 0.6) is 0 Å². The fourth-order valence-electron chi connectivity index (χ4n) is 3.89. The molecule has 2 nitrogen and oxygen atoms in total. The van der Waals surface area contributed by atoms with E-state index in [4.69, 9.17) is 0 Å². The molecule has 0 N–H and O–H groups in total. The minimum atomic E-state index is -4.18. The van der Waals surface area contributed by atoms with Crippen LogP contribution in [0.25, 0.3) is 0 Å². The third kappa shape index (κ3) is 4.36. The monoisotopic (exact) mass is 355 g/mol. The van der Waals surface area contributed by atoms with E-state index in [0.717, 1.165) is 37.8 Å². The van der Waals surface area contributed by atoms with Gasteiger partial charge in [-0.1, -0.05) is 45.7 Å². The highest BCUT2D eigenvalue weighted by Crippen LogP contribution is 2.42. The number of halogens is 3. The van der Waals surface area contributed by atoms with Gasteiger partial charge in [0, 0.05) is 12.2 Å². The maximum Gasteiger partial charge on any atom is 0.391 e. The van der Waals surface area contributed by atoms with Crippen molar-refractivity contribution in [1.29, 1.82) is 0 Å². The van der Waals surface area contributed by atoms with Gasteiger partial charge in [-0.3, -0.25) is 4.79 Å². The van der Waals surface area contributed by atoms with Gasteiger partial charge in [0.2, 0.25) is 5.91 Å². The Morgan fingerprint density at radius 3 is 2.16 bits per heavy atom. The summed E-state index contributed by atoms with van der Waals surface area (Å²) in [6, 6.07) is 6.99. The Balaban J connectivity index is 2.11. The van der Waals surface area contributed by atoms with E-state index in [0.29, 0.717) is 12.1 Å². The van der Waals surface area contributed by atoms with Crippen LogP contribution in [0.3, 0.4) is 0 Å². The van der Waals surface area contributed by atoms with Crippen LogP contribution in [-0.4, -0.2) is 18.6 Å². The quantitative estimate of drug-likeness (QED) is 0.610. The number of carbonyl (C=O) groups is 1. The minimum Gasteiger partial charge on any atom is -0.312 e. The van der Waals surface area contributed by atoms with E-state index >= 15 is 0 Å². The molecular weight excluding hydrogens is 327 g/mol. The molecule has 0 unspecified atom stereocenters. The van der Waals surface area contributed by atoms with Crippen LogP contribution >= 0.6 is 0 Å². The summed E-state index contributed by atoms with van der Waals surface area (Å²) in [6.07, 6.45) is 0.410. The Hall–Kier alpha value is -1.52. The molecule has 1 saturated heterocycles. The van der Waals surface area contributed by atoms with Crippen LogP contribution in [0.4, 0.5) is 18.9 Å². The lowest BCUT2D eigenvalue weighted by atomic mass is 9.78. The highest BCUT2D eigenvalue weighted by atomic mass is 19.4. The van der Waals surface area contributed by atoms with Crippen LogP contribution in [0, 0.1) is 11.3 Å². The van der Waals surface area contributed by atoms with Crippen LogP contribution in [-0.2, 0) is 11.2 Å². The van der Waals surface area contributed by atoms with Crippen molar-refractivity contribution in [3.63, 3.8) is 0 Å². The molecule has 1 heterocycles. The molecule has 1 amide bonds. The van der Waals surface area contributed by atoms with E-state index in [1.165, 1.54) is 6.92 Å². The van der Waals surface area contributed by atoms with Crippen molar-refractivity contribution in [2.75, 3.05) is 11.4 Å². The topological polar surface area (TPSA) is 20.3 Å². The Morgan fingerprint density at radius 1 is 1.12 bits per heavy atom. The molecule has 1 fully saturated rings. The molecule has 0 bridgehead atoms. The van der Waals surface area contributed by atoms with Crippen molar-refractivity contribution in [1.82, 2.24) is 0 Å². The predicted molar refractivity (Wildman–Crippen MR) is 94.6 cm³/mol. The van der Waals surface area contributed by atoms with Crippen molar-refractivity contribution in [2.45, 2.75) is 65.5 Å². The Morgan fingerprint density at radius 2 is 1.68 bits per heavy atom. The number of hydrogen-bond acceptors (Lipinski definition) is 1. The molecule has 140 valence electrons. The number of hydrogen-bond donors (Lipinski definition) is 0. The Labute approximate surface area is 148 Å². The smallest absolute Gasteiger partial charge is 0.312 e. The second-order valence-corrected chi connectivity index (χ2v) is 7.30. The molecule has 0 saturated carbocycles. The van der Waals surface area contributed by atoms with E-state index in [1.807, 2.05) is 4.90 Å². The van der Waals surface area contributed by atoms with E-state index in [1.54, 1.807) is 24.3 Å². The first-order valence-corrected chi connectivity index (χ1v) is 9.21. The normalized spacial score (nSPS) is 18.6. The molecule has 0 spiro atoms. The lowest BCUT2D eigenvalue weighted by Gasteiger charge is -2.27. The summed E-state index contributed by atoms with van der Waals surface area (Å²) in [7, 11) is 0. The van der Waals surface area contributed by atoms with Crippen molar-refractivity contribution in [2.24, 2.45) is 11.3 Å². The number of nitrogens with zero attached hydrogens (tertiary/aromatic N) is 1. The summed E-state index contributed by atoms with van der Waals surface area (Å²) in [5, 5.41) is 0. The van der Waals surface area contributed by atoms with E-state index in [9.17, 15) is 18.0 Å². The molecule has 5 heteroatoms. The molecule has 2 rings (SSSR count). The summed E-state index contributed by atoms with van der Waals surface area (Å²) in [5.41, 5.74) is 1.18. The Kier molecular flexibility index (Phi) is 6.17. The molecule has 1 aromatic rings. The number of anilines is 1. The van der Waals surface area contributed by atoms with Crippen molar-refractivity contribution < 1.29 is 18.0 Å². The first-order chi connectivity index (χ1) is 11.7. The third-order valence-electron chi connectivity index (χ3n) is 5.32. The van der Waals surface area contributed by atoms with Crippen LogP contribution in [0.15, 0.2) is 24.3 Å². The fourth-order valence-corrected chi connectivity index (χ4v) is 3.89. The second kappa shape index (κ2) is 7.79. The Bertz CT molecular complexity index is 574. The van der Waals surface area contributed by atoms with Crippen molar-refractivity contribution in [3.8, 4) is 0 Å². The molecule has 1 aliphatic heterocycles. The highest BCUT2D eigenvalue weighted by molar-refractivity contribution is 5.99. The van der Waals surface area contributed by atoms with Gasteiger partial charge in [0.1, 0.15) is 0 Å². The van der Waals surface area contributed by atoms with Gasteiger partial charge in [0.25, 0.3) is 0 Å². The number of carbonyl (C=O) groups excluding carboxylic acids is 1. The summed E-state index contributed by atoms with van der Waals surface area (Å²) in [6.45, 7) is 6.09. The zero-order valence-corrected chi connectivity index (χ0v) is 15.3. The van der Waals surface area contributed by atoms with Gasteiger partial charge < -0.3 is 4.90 Å². The average molecular weight is 355 g/mol. The molecular formula is C20H28F3NO. The maximum atomic E-state index is 13.0. The van der Waals surface area contributed by atoms with Crippen molar-refractivity contribution >= 4 is 11.6 Å². The number of amides is 1. The molecule has 0 aliphatic carbocycles. The molecule has 1 atom stereocenters. The van der Waals surface area contributed by atoms with Crippen LogP contribution in [0.1, 0.15) is 58.4 Å². The van der Waals surface area contributed by atoms with Crippen LogP contribution < -0.4 is 4.90 Å². The SMILES string of the molecule is CCCC1(CCC)CCN(c2ccc(C[C@@H](C)C(F)(F)F)cc2)C1=O. The highest BCUT2D eigenvalue weighted by Gasteiger charge is 2.45. The van der Waals surface area contributed by atoms with Gasteiger partial charge in [-0.25, -0.2) is 0 Å². The van der Waals surface area contributed by atoms with Crippen molar-refractivity contribution in [3.05, 3.63) is 29.8 Å². The number of alkyl halides is 3. The van der Waals surface area contributed by atoms with E-state index in [2.05, 4.69) is 13.8 Å². The summed E-state index contributed by atoms with van der Waals surface area (Å²) < 4.78 is 38.1. The van der Waals surface area contributed by atoms with Gasteiger partial charge in [0.15, 0.2) is 0 Å². The predicted octanol–water partition coefficient (Wildman–Crippen LogP) is 5.75. The second-order valence-electron chi connectivity index (χ2n) is 7.30. The number of rotatable bonds is 7. The first kappa shape index (κ1) is 19.8. The van der Waals surface area contributed by atoms with Gasteiger partial charge in [-0.05, 0) is 43.4 Å². The average Bonchev–Trinajstić information content (AvgIpc) is 2.85. The fraction of sp³-hybridized carbons (Fsp3) is 0.650. The van der Waals surface area contributed by atoms with Crippen LogP contribution in [0.2, 0.25) is 0 Å². The van der Waals surface area contributed by atoms with Gasteiger partial charge in [-0.15, -0.1) is 0 Å². The lowest BCUT2D eigenvalue weighted by Crippen LogP contribution is -2.34. The van der Waals surface area contributed by atoms with Gasteiger partial charge >= 0.3 is 6.18 Å². The van der Waals surface area contributed by atoms with Gasteiger partial charge in [0.05, 0.1) is 11.3 Å². The molecule has 1 aromatic carbocycles. The zero-order chi connectivity index (χ0) is 18.7. The molecule has 1 aliphatic rings. The molecule has 0 radical (unpaired) electrons. The largest absolute Gasteiger partial charge is 0.391 e. The number of benzene rings is 1. The minimum absolute atomic E-state index is 0.0344. The standard InChI is InChI=1S/C20H28F3NO/c1-4-10-19(11-5-2)12-13-24(18(19)25)17-8-6-16(7-9-17)14-15(3)20(21,22)23/h6-9,15H,4-5,10-14H2,1-3H3/t15-/m1/s1. The van der Waals surface area contributed by atoms with Gasteiger partial charge in [-0.2, -0.15) is 13.2 Å².